The fraction of sp³-hybridized carbons (Fsp3) is 0.389. The Bertz CT molecular complexity index is 1020. The lowest BCUT2D eigenvalue weighted by molar-refractivity contribution is 0.0860. The summed E-state index contributed by atoms with van der Waals surface area (Å²) in [5, 5.41) is 0. The van der Waals surface area contributed by atoms with E-state index >= 15 is 0 Å². The number of rotatable bonds is 5. The number of ketones is 1. The maximum absolute atomic E-state index is 12.9. The van der Waals surface area contributed by atoms with Crippen LogP contribution >= 0.6 is 0 Å². The van der Waals surface area contributed by atoms with E-state index in [4.69, 9.17) is 15.2 Å². The first-order chi connectivity index (χ1) is 12.7. The molecule has 1 aliphatic rings. The number of carbonyl (C=O) groups excluding carboxylic acids is 1. The third kappa shape index (κ3) is 3.21. The van der Waals surface area contributed by atoms with Gasteiger partial charge in [-0.1, -0.05) is 6.07 Å². The minimum Gasteiger partial charge on any atom is -0.454 e. The number of hydrogen-bond acceptors (Lipinski definition) is 7. The molecule has 0 unspecified atom stereocenters. The van der Waals surface area contributed by atoms with Gasteiger partial charge in [-0.25, -0.2) is 4.79 Å². The van der Waals surface area contributed by atoms with Gasteiger partial charge >= 0.3 is 5.69 Å². The third-order valence-electron chi connectivity index (χ3n) is 4.87. The quantitative estimate of drug-likeness (QED) is 0.739. The number of benzene rings is 1. The summed E-state index contributed by atoms with van der Waals surface area (Å²) in [6.45, 7) is 2.34. The van der Waals surface area contributed by atoms with Crippen molar-refractivity contribution in [2.75, 3.05) is 19.6 Å². The smallest absolute Gasteiger partial charge is 0.332 e. The maximum Gasteiger partial charge on any atom is 0.332 e. The first-order valence-electron chi connectivity index (χ1n) is 8.40. The van der Waals surface area contributed by atoms with Gasteiger partial charge in [0.15, 0.2) is 17.3 Å². The maximum atomic E-state index is 12.9. The highest BCUT2D eigenvalue weighted by Gasteiger charge is 2.27. The molecule has 1 aromatic carbocycles. The molecule has 0 saturated heterocycles. The van der Waals surface area contributed by atoms with Crippen LogP contribution in [-0.2, 0) is 20.6 Å². The highest BCUT2D eigenvalue weighted by molar-refractivity contribution is 6.03. The lowest BCUT2D eigenvalue weighted by Gasteiger charge is -2.24. The van der Waals surface area contributed by atoms with E-state index < -0.39 is 23.1 Å². The van der Waals surface area contributed by atoms with Gasteiger partial charge in [0.1, 0.15) is 11.4 Å². The lowest BCUT2D eigenvalue weighted by Crippen LogP contribution is -2.45. The fourth-order valence-corrected chi connectivity index (χ4v) is 2.96. The molecular formula is C18H22N4O5. The number of Topliss-reactive ketones (excluding diaryl/α,β-unsaturated/α-hetero) is 1. The predicted octanol–water partition coefficient (Wildman–Crippen LogP) is 0.0981. The van der Waals surface area contributed by atoms with Crippen LogP contribution in [0.4, 0.5) is 5.82 Å². The van der Waals surface area contributed by atoms with Crippen LogP contribution in [0.25, 0.3) is 0 Å². The average Bonchev–Trinajstić information content (AvgIpc) is 3.12. The van der Waals surface area contributed by atoms with Crippen molar-refractivity contribution in [1.29, 1.82) is 0 Å². The second kappa shape index (κ2) is 6.92. The van der Waals surface area contributed by atoms with Crippen molar-refractivity contribution in [2.24, 2.45) is 14.1 Å². The Balaban J connectivity index is 1.85. The molecule has 0 aliphatic carbocycles. The number of hydrogen-bond donors (Lipinski definition) is 1. The van der Waals surface area contributed by atoms with Crippen LogP contribution in [-0.4, -0.2) is 39.7 Å². The number of nitrogens with two attached hydrogens (primary N) is 1. The summed E-state index contributed by atoms with van der Waals surface area (Å²) in [5.41, 5.74) is 5.38. The van der Waals surface area contributed by atoms with Gasteiger partial charge in [0, 0.05) is 20.6 Å². The van der Waals surface area contributed by atoms with Crippen LogP contribution in [0, 0.1) is 0 Å². The molecule has 0 spiro atoms. The summed E-state index contributed by atoms with van der Waals surface area (Å²) in [6.07, 6.45) is 0. The predicted molar refractivity (Wildman–Crippen MR) is 99.2 cm³/mol. The largest absolute Gasteiger partial charge is 0.454 e. The number of nitrogens with zero attached hydrogens (tertiary/aromatic N) is 3. The van der Waals surface area contributed by atoms with E-state index in [1.165, 1.54) is 14.1 Å². The highest BCUT2D eigenvalue weighted by atomic mass is 16.7. The summed E-state index contributed by atoms with van der Waals surface area (Å²) >= 11 is 0. The Morgan fingerprint density at radius 1 is 1.22 bits per heavy atom. The van der Waals surface area contributed by atoms with Gasteiger partial charge < -0.3 is 15.2 Å². The van der Waals surface area contributed by atoms with Gasteiger partial charge in [-0.15, -0.1) is 0 Å². The minimum atomic E-state index is -0.691. The molecule has 2 heterocycles. The molecule has 27 heavy (non-hydrogen) atoms. The van der Waals surface area contributed by atoms with Crippen LogP contribution in [0.2, 0.25) is 0 Å². The topological polar surface area (TPSA) is 109 Å². The SMILES string of the molecule is C[C@H](C(=O)c1c(N)n(C)c(=O)n(C)c1=O)N(C)Cc1ccc2c(c1)OCO2. The van der Waals surface area contributed by atoms with E-state index in [2.05, 4.69) is 0 Å². The Kier molecular flexibility index (Phi) is 4.79. The number of likely N-dealkylation sites (N-methyl/N-ethyl adjacent to an activating group) is 1. The van der Waals surface area contributed by atoms with Crippen molar-refractivity contribution in [1.82, 2.24) is 14.0 Å². The van der Waals surface area contributed by atoms with Gasteiger partial charge in [-0.2, -0.15) is 0 Å². The van der Waals surface area contributed by atoms with Gasteiger partial charge in [-0.3, -0.25) is 23.6 Å². The Morgan fingerprint density at radius 3 is 2.59 bits per heavy atom. The summed E-state index contributed by atoms with van der Waals surface area (Å²) < 4.78 is 12.6. The van der Waals surface area contributed by atoms with Crippen LogP contribution < -0.4 is 26.5 Å². The van der Waals surface area contributed by atoms with E-state index in [0.29, 0.717) is 18.0 Å². The summed E-state index contributed by atoms with van der Waals surface area (Å²) in [7, 11) is 4.52. The van der Waals surface area contributed by atoms with Crippen LogP contribution in [0.3, 0.4) is 0 Å². The van der Waals surface area contributed by atoms with Crippen LogP contribution in [0.1, 0.15) is 22.8 Å². The summed E-state index contributed by atoms with van der Waals surface area (Å²) in [6, 6.07) is 4.94. The van der Waals surface area contributed by atoms with Crippen molar-refractivity contribution >= 4 is 11.6 Å². The number of anilines is 1. The zero-order chi connectivity index (χ0) is 19.9. The molecule has 9 heteroatoms. The Labute approximate surface area is 155 Å². The van der Waals surface area contributed by atoms with E-state index in [0.717, 1.165) is 14.7 Å². The average molecular weight is 374 g/mol. The molecule has 0 saturated carbocycles. The van der Waals surface area contributed by atoms with Crippen LogP contribution in [0.15, 0.2) is 27.8 Å². The Hall–Kier alpha value is -3.07. The highest BCUT2D eigenvalue weighted by Crippen LogP contribution is 2.32. The van der Waals surface area contributed by atoms with E-state index in [9.17, 15) is 14.4 Å². The van der Waals surface area contributed by atoms with E-state index in [1.54, 1.807) is 18.9 Å². The van der Waals surface area contributed by atoms with Gasteiger partial charge in [0.05, 0.1) is 6.04 Å². The lowest BCUT2D eigenvalue weighted by atomic mass is 10.1. The normalized spacial score (nSPS) is 13.8. The van der Waals surface area contributed by atoms with Gasteiger partial charge in [-0.05, 0) is 31.7 Å². The van der Waals surface area contributed by atoms with Crippen molar-refractivity contribution < 1.29 is 14.3 Å². The number of aromatic nitrogens is 2. The van der Waals surface area contributed by atoms with Crippen molar-refractivity contribution in [2.45, 2.75) is 19.5 Å². The van der Waals surface area contributed by atoms with Crippen molar-refractivity contribution in [3.05, 3.63) is 50.2 Å². The number of carbonyl (C=O) groups is 1. The molecule has 2 aromatic rings. The third-order valence-corrected chi connectivity index (χ3v) is 4.87. The monoisotopic (exact) mass is 374 g/mol. The van der Waals surface area contributed by atoms with E-state index in [-0.39, 0.29) is 18.2 Å². The van der Waals surface area contributed by atoms with Gasteiger partial charge in [0.25, 0.3) is 5.56 Å². The molecule has 0 radical (unpaired) electrons. The molecule has 1 aromatic heterocycles. The molecule has 0 fully saturated rings. The zero-order valence-corrected chi connectivity index (χ0v) is 15.7. The second-order valence-electron chi connectivity index (χ2n) is 6.61. The molecule has 1 atom stereocenters. The Morgan fingerprint density at radius 2 is 1.89 bits per heavy atom. The molecule has 9 nitrogen and oxygen atoms in total. The minimum absolute atomic E-state index is 0.128. The summed E-state index contributed by atoms with van der Waals surface area (Å²) in [5.74, 6) is 0.784. The molecule has 2 N–H and O–H groups in total. The molecule has 0 bridgehead atoms. The summed E-state index contributed by atoms with van der Waals surface area (Å²) in [4.78, 5) is 39.1. The molecule has 0 amide bonds. The second-order valence-corrected chi connectivity index (χ2v) is 6.61. The number of nitrogen functional groups attached to an aromatic ring is 1. The van der Waals surface area contributed by atoms with Crippen LogP contribution in [0.5, 0.6) is 11.5 Å². The zero-order valence-electron chi connectivity index (χ0n) is 15.7. The van der Waals surface area contributed by atoms with E-state index in [1.807, 2.05) is 18.2 Å². The standard InChI is InChI=1S/C18H22N4O5/c1-10(15(23)14-16(19)21(3)18(25)22(4)17(14)24)20(2)8-11-5-6-12-13(7-11)27-9-26-12/h5-7,10H,8-9,19H2,1-4H3/t10-/m1/s1. The van der Waals surface area contributed by atoms with Crippen molar-refractivity contribution in [3.8, 4) is 11.5 Å². The molecule has 1 aliphatic heterocycles. The first-order valence-corrected chi connectivity index (χ1v) is 8.40. The number of ether oxygens (including phenoxy) is 2. The molecule has 144 valence electrons. The van der Waals surface area contributed by atoms with Crippen molar-refractivity contribution in [3.63, 3.8) is 0 Å². The number of fused-ring (bicyclic) bond motifs is 1. The molecular weight excluding hydrogens is 352 g/mol. The fourth-order valence-electron chi connectivity index (χ4n) is 2.96. The first kappa shape index (κ1) is 18.7. The molecule has 3 rings (SSSR count). The van der Waals surface area contributed by atoms with Gasteiger partial charge in [0.2, 0.25) is 6.79 Å².